The Balaban J connectivity index is 1.95. The molecule has 15 heavy (non-hydrogen) atoms. The second-order valence-corrected chi connectivity index (χ2v) is 5.62. The summed E-state index contributed by atoms with van der Waals surface area (Å²) in [6.45, 7) is 0.685. The van der Waals surface area contributed by atoms with E-state index in [1.165, 1.54) is 44.9 Å². The summed E-state index contributed by atoms with van der Waals surface area (Å²) in [4.78, 5) is 0. The average molecular weight is 211 g/mol. The highest BCUT2D eigenvalue weighted by molar-refractivity contribution is 4.97. The summed E-state index contributed by atoms with van der Waals surface area (Å²) >= 11 is 0. The Morgan fingerprint density at radius 3 is 2.07 bits per heavy atom. The van der Waals surface area contributed by atoms with Crippen molar-refractivity contribution in [2.75, 3.05) is 6.54 Å². The molecule has 1 atom stereocenters. The molecule has 0 spiro atoms. The van der Waals surface area contributed by atoms with Crippen molar-refractivity contribution < 1.29 is 5.11 Å². The van der Waals surface area contributed by atoms with Gasteiger partial charge in [0.2, 0.25) is 0 Å². The van der Waals surface area contributed by atoms with Gasteiger partial charge in [0.25, 0.3) is 0 Å². The third-order valence-electron chi connectivity index (χ3n) is 4.73. The van der Waals surface area contributed by atoms with Crippen LogP contribution in [0.2, 0.25) is 0 Å². The van der Waals surface area contributed by atoms with E-state index < -0.39 is 0 Å². The summed E-state index contributed by atoms with van der Waals surface area (Å²) in [5.74, 6) is 0.538. The van der Waals surface area contributed by atoms with Crippen LogP contribution in [0.3, 0.4) is 0 Å². The van der Waals surface area contributed by atoms with E-state index in [0.717, 1.165) is 12.8 Å². The molecule has 2 aliphatic rings. The lowest BCUT2D eigenvalue weighted by atomic mass is 9.61. The van der Waals surface area contributed by atoms with Gasteiger partial charge in [-0.3, -0.25) is 0 Å². The molecule has 0 aromatic carbocycles. The first-order chi connectivity index (χ1) is 7.28. The smallest absolute Gasteiger partial charge is 0.0636 e. The molecule has 0 amide bonds. The van der Waals surface area contributed by atoms with Gasteiger partial charge in [0, 0.05) is 12.0 Å². The van der Waals surface area contributed by atoms with Gasteiger partial charge in [0.15, 0.2) is 0 Å². The number of rotatable bonds is 3. The maximum atomic E-state index is 10.5. The van der Waals surface area contributed by atoms with E-state index in [1.807, 2.05) is 0 Å². The van der Waals surface area contributed by atoms with Gasteiger partial charge in [-0.15, -0.1) is 0 Å². The lowest BCUT2D eigenvalue weighted by Gasteiger charge is -2.47. The molecule has 0 saturated heterocycles. The maximum absolute atomic E-state index is 10.5. The summed E-state index contributed by atoms with van der Waals surface area (Å²) in [5, 5.41) is 10.5. The molecule has 2 nitrogen and oxygen atoms in total. The van der Waals surface area contributed by atoms with Crippen molar-refractivity contribution in [3.63, 3.8) is 0 Å². The Labute approximate surface area is 93.2 Å². The summed E-state index contributed by atoms with van der Waals surface area (Å²) in [5.41, 5.74) is 5.96. The summed E-state index contributed by atoms with van der Waals surface area (Å²) < 4.78 is 0. The first-order valence-corrected chi connectivity index (χ1v) is 6.67. The number of nitrogens with two attached hydrogens (primary N) is 1. The first kappa shape index (κ1) is 11.4. The van der Waals surface area contributed by atoms with E-state index >= 15 is 0 Å². The minimum absolute atomic E-state index is 0.106. The van der Waals surface area contributed by atoms with Crippen LogP contribution in [0.15, 0.2) is 0 Å². The van der Waals surface area contributed by atoms with Crippen LogP contribution >= 0.6 is 0 Å². The van der Waals surface area contributed by atoms with Crippen molar-refractivity contribution in [2.24, 2.45) is 17.1 Å². The highest BCUT2D eigenvalue weighted by Crippen LogP contribution is 2.47. The predicted octanol–water partition coefficient (Wildman–Crippen LogP) is 2.45. The molecular weight excluding hydrogens is 186 g/mol. The molecule has 2 saturated carbocycles. The fourth-order valence-electron chi connectivity index (χ4n) is 3.38. The van der Waals surface area contributed by atoms with Crippen LogP contribution in [0, 0.1) is 11.3 Å². The molecule has 88 valence electrons. The van der Waals surface area contributed by atoms with Crippen LogP contribution in [0.1, 0.15) is 57.8 Å². The topological polar surface area (TPSA) is 46.2 Å². The van der Waals surface area contributed by atoms with Crippen molar-refractivity contribution in [3.8, 4) is 0 Å². The molecule has 2 aliphatic carbocycles. The fraction of sp³-hybridized carbons (Fsp3) is 1.00. The average Bonchev–Trinajstić information content (AvgIpc) is 2.44. The van der Waals surface area contributed by atoms with Gasteiger partial charge < -0.3 is 10.8 Å². The molecule has 2 heteroatoms. The Morgan fingerprint density at radius 1 is 1.07 bits per heavy atom. The Kier molecular flexibility index (Phi) is 3.68. The van der Waals surface area contributed by atoms with E-state index in [0.29, 0.717) is 12.5 Å². The van der Waals surface area contributed by atoms with Crippen LogP contribution in [-0.2, 0) is 0 Å². The molecule has 0 aromatic heterocycles. The standard InChI is InChI=1S/C13H25NO/c14-10-13(8-5-9-13)12(15)11-6-3-1-2-4-7-11/h11-12,15H,1-10,14H2. The van der Waals surface area contributed by atoms with E-state index in [2.05, 4.69) is 0 Å². The second-order valence-electron chi connectivity index (χ2n) is 5.62. The molecule has 2 rings (SSSR count). The van der Waals surface area contributed by atoms with Gasteiger partial charge in [-0.05, 0) is 31.6 Å². The van der Waals surface area contributed by atoms with E-state index in [-0.39, 0.29) is 11.5 Å². The van der Waals surface area contributed by atoms with E-state index in [1.54, 1.807) is 0 Å². The molecule has 3 N–H and O–H groups in total. The van der Waals surface area contributed by atoms with Gasteiger partial charge in [-0.25, -0.2) is 0 Å². The van der Waals surface area contributed by atoms with Crippen LogP contribution in [0.4, 0.5) is 0 Å². The normalized spacial score (nSPS) is 29.2. The van der Waals surface area contributed by atoms with Crippen molar-refractivity contribution in [1.29, 1.82) is 0 Å². The van der Waals surface area contributed by atoms with E-state index in [9.17, 15) is 5.11 Å². The first-order valence-electron chi connectivity index (χ1n) is 6.67. The third kappa shape index (κ3) is 2.21. The van der Waals surface area contributed by atoms with Crippen LogP contribution in [0.25, 0.3) is 0 Å². The van der Waals surface area contributed by atoms with Gasteiger partial charge in [-0.2, -0.15) is 0 Å². The van der Waals surface area contributed by atoms with Crippen molar-refractivity contribution >= 4 is 0 Å². The van der Waals surface area contributed by atoms with Gasteiger partial charge >= 0.3 is 0 Å². The Bertz CT molecular complexity index is 187. The molecule has 0 bridgehead atoms. The minimum atomic E-state index is -0.116. The number of hydrogen-bond acceptors (Lipinski definition) is 2. The van der Waals surface area contributed by atoms with Crippen LogP contribution in [-0.4, -0.2) is 17.8 Å². The monoisotopic (exact) mass is 211 g/mol. The highest BCUT2D eigenvalue weighted by Gasteiger charge is 2.45. The largest absolute Gasteiger partial charge is 0.392 e. The van der Waals surface area contributed by atoms with Gasteiger partial charge in [-0.1, -0.05) is 32.1 Å². The summed E-state index contributed by atoms with van der Waals surface area (Å²) in [6.07, 6.45) is 11.2. The highest BCUT2D eigenvalue weighted by atomic mass is 16.3. The second kappa shape index (κ2) is 4.84. The summed E-state index contributed by atoms with van der Waals surface area (Å²) in [6, 6.07) is 0. The maximum Gasteiger partial charge on any atom is 0.0636 e. The fourth-order valence-corrected chi connectivity index (χ4v) is 3.38. The molecule has 0 radical (unpaired) electrons. The van der Waals surface area contributed by atoms with Gasteiger partial charge in [0.1, 0.15) is 0 Å². The zero-order valence-electron chi connectivity index (χ0n) is 9.75. The lowest BCUT2D eigenvalue weighted by molar-refractivity contribution is -0.0658. The van der Waals surface area contributed by atoms with Crippen molar-refractivity contribution in [3.05, 3.63) is 0 Å². The number of aliphatic hydroxyl groups is 1. The summed E-state index contributed by atoms with van der Waals surface area (Å²) in [7, 11) is 0. The minimum Gasteiger partial charge on any atom is -0.392 e. The molecular formula is C13H25NO. The van der Waals surface area contributed by atoms with Crippen molar-refractivity contribution in [1.82, 2.24) is 0 Å². The van der Waals surface area contributed by atoms with Crippen molar-refractivity contribution in [2.45, 2.75) is 63.9 Å². The van der Waals surface area contributed by atoms with E-state index in [4.69, 9.17) is 5.73 Å². The number of aliphatic hydroxyl groups excluding tert-OH is 1. The van der Waals surface area contributed by atoms with Gasteiger partial charge in [0.05, 0.1) is 6.10 Å². The molecule has 0 aromatic rings. The number of hydrogen-bond donors (Lipinski definition) is 2. The zero-order valence-corrected chi connectivity index (χ0v) is 9.75. The Morgan fingerprint density at radius 2 is 1.67 bits per heavy atom. The molecule has 1 unspecified atom stereocenters. The quantitative estimate of drug-likeness (QED) is 0.704. The third-order valence-corrected chi connectivity index (χ3v) is 4.73. The SMILES string of the molecule is NCC1(C(O)C2CCCCCC2)CCC1. The predicted molar refractivity (Wildman–Crippen MR) is 62.5 cm³/mol. The molecule has 2 fully saturated rings. The Hall–Kier alpha value is -0.0800. The molecule has 0 aliphatic heterocycles. The van der Waals surface area contributed by atoms with Crippen LogP contribution in [0.5, 0.6) is 0 Å². The molecule has 0 heterocycles. The lowest BCUT2D eigenvalue weighted by Crippen LogP contribution is -2.50. The zero-order chi connectivity index (χ0) is 10.7. The van der Waals surface area contributed by atoms with Crippen LogP contribution < -0.4 is 5.73 Å².